The van der Waals surface area contributed by atoms with E-state index in [-0.39, 0.29) is 11.5 Å². The van der Waals surface area contributed by atoms with Gasteiger partial charge >= 0.3 is 6.09 Å². The molecule has 0 aromatic carbocycles. The molecule has 3 heterocycles. The molecule has 3 rings (SSSR count). The Bertz CT molecular complexity index is 539. The predicted molar refractivity (Wildman–Crippen MR) is 84.4 cm³/mol. The van der Waals surface area contributed by atoms with Crippen LogP contribution in [0.1, 0.15) is 20.8 Å². The minimum Gasteiger partial charge on any atom is -0.444 e. The normalized spacial score (nSPS) is 20.0. The summed E-state index contributed by atoms with van der Waals surface area (Å²) < 4.78 is 6.37. The van der Waals surface area contributed by atoms with Crippen molar-refractivity contribution in [3.63, 3.8) is 0 Å². The third-order valence-electron chi connectivity index (χ3n) is 3.79. The van der Waals surface area contributed by atoms with Crippen molar-refractivity contribution >= 4 is 27.8 Å². The number of ether oxygens (including phenoxy) is 1. The summed E-state index contributed by atoms with van der Waals surface area (Å²) in [5.41, 5.74) is -0.182. The van der Waals surface area contributed by atoms with Gasteiger partial charge in [-0.05, 0) is 48.8 Å². The topological polar surface area (TPSA) is 45.7 Å². The van der Waals surface area contributed by atoms with Crippen LogP contribution in [0.5, 0.6) is 0 Å². The van der Waals surface area contributed by atoms with E-state index >= 15 is 0 Å². The zero-order valence-electron chi connectivity index (χ0n) is 12.6. The van der Waals surface area contributed by atoms with Crippen LogP contribution in [0.25, 0.3) is 0 Å². The van der Waals surface area contributed by atoms with Crippen LogP contribution in [0.3, 0.4) is 0 Å². The van der Waals surface area contributed by atoms with Crippen LogP contribution in [-0.2, 0) is 4.74 Å². The number of carbonyl (C=O) groups excluding carboxylic acids is 1. The summed E-state index contributed by atoms with van der Waals surface area (Å²) in [5.74, 6) is 1.000. The van der Waals surface area contributed by atoms with E-state index in [0.717, 1.165) is 36.5 Å². The molecule has 0 unspecified atom stereocenters. The van der Waals surface area contributed by atoms with Gasteiger partial charge in [0.05, 0.1) is 0 Å². The molecule has 1 aromatic heterocycles. The molecular formula is C15H20BrN3O2. The molecule has 1 aromatic rings. The van der Waals surface area contributed by atoms with Gasteiger partial charge in [0.25, 0.3) is 0 Å². The van der Waals surface area contributed by atoms with E-state index in [1.54, 1.807) is 4.90 Å². The molecule has 2 aliphatic rings. The third-order valence-corrected chi connectivity index (χ3v) is 4.26. The van der Waals surface area contributed by atoms with Crippen LogP contribution in [0, 0.1) is 5.41 Å². The van der Waals surface area contributed by atoms with Crippen molar-refractivity contribution in [3.05, 3.63) is 22.8 Å². The van der Waals surface area contributed by atoms with Gasteiger partial charge < -0.3 is 14.5 Å². The van der Waals surface area contributed by atoms with Crippen LogP contribution in [0.15, 0.2) is 22.8 Å². The molecule has 114 valence electrons. The fourth-order valence-electron chi connectivity index (χ4n) is 2.90. The molecule has 2 saturated heterocycles. The minimum absolute atomic E-state index is 0.201. The number of nitrogens with zero attached hydrogens (tertiary/aromatic N) is 3. The van der Waals surface area contributed by atoms with Crippen molar-refractivity contribution in [1.29, 1.82) is 0 Å². The van der Waals surface area contributed by atoms with Gasteiger partial charge in [0.15, 0.2) is 0 Å². The Balaban J connectivity index is 1.50. The Hall–Kier alpha value is -1.30. The number of likely N-dealkylation sites (tertiary alicyclic amines) is 1. The van der Waals surface area contributed by atoms with Crippen LogP contribution < -0.4 is 4.90 Å². The summed E-state index contributed by atoms with van der Waals surface area (Å²) in [6, 6.07) is 4.02. The molecule has 21 heavy (non-hydrogen) atoms. The van der Waals surface area contributed by atoms with Crippen molar-refractivity contribution < 1.29 is 9.53 Å². The Morgan fingerprint density at radius 3 is 2.48 bits per heavy atom. The second-order valence-electron chi connectivity index (χ2n) is 7.03. The Labute approximate surface area is 133 Å². The molecule has 0 radical (unpaired) electrons. The lowest BCUT2D eigenvalue weighted by Gasteiger charge is -2.60. The summed E-state index contributed by atoms with van der Waals surface area (Å²) in [4.78, 5) is 20.4. The van der Waals surface area contributed by atoms with Gasteiger partial charge in [0, 0.05) is 42.3 Å². The molecule has 5 nitrogen and oxygen atoms in total. The van der Waals surface area contributed by atoms with Crippen molar-refractivity contribution in [2.24, 2.45) is 5.41 Å². The highest BCUT2D eigenvalue weighted by molar-refractivity contribution is 9.10. The first-order valence-electron chi connectivity index (χ1n) is 7.11. The number of amides is 1. The van der Waals surface area contributed by atoms with E-state index in [4.69, 9.17) is 4.74 Å². The lowest BCUT2D eigenvalue weighted by molar-refractivity contribution is -0.0454. The monoisotopic (exact) mass is 353 g/mol. The second-order valence-corrected chi connectivity index (χ2v) is 7.94. The summed E-state index contributed by atoms with van der Waals surface area (Å²) in [7, 11) is 0. The minimum atomic E-state index is -0.424. The molecule has 0 bridgehead atoms. The number of rotatable bonds is 1. The van der Waals surface area contributed by atoms with Crippen molar-refractivity contribution in [2.75, 3.05) is 31.1 Å². The molecule has 1 amide bonds. The molecule has 0 N–H and O–H groups in total. The fourth-order valence-corrected chi connectivity index (χ4v) is 3.13. The van der Waals surface area contributed by atoms with Crippen molar-refractivity contribution in [3.8, 4) is 0 Å². The lowest BCUT2D eigenvalue weighted by Crippen LogP contribution is -2.73. The number of carbonyl (C=O) groups is 1. The summed E-state index contributed by atoms with van der Waals surface area (Å²) >= 11 is 3.39. The number of aromatic nitrogens is 1. The highest BCUT2D eigenvalue weighted by Crippen LogP contribution is 2.41. The molecule has 0 aliphatic carbocycles. The third kappa shape index (κ3) is 3.00. The molecule has 1 spiro atoms. The smallest absolute Gasteiger partial charge is 0.410 e. The van der Waals surface area contributed by atoms with Gasteiger partial charge in [0.2, 0.25) is 0 Å². The maximum absolute atomic E-state index is 11.9. The Kier molecular flexibility index (Phi) is 3.39. The van der Waals surface area contributed by atoms with E-state index in [0.29, 0.717) is 0 Å². The number of halogens is 1. The predicted octanol–water partition coefficient (Wildman–Crippen LogP) is 2.90. The largest absolute Gasteiger partial charge is 0.444 e. The van der Waals surface area contributed by atoms with Crippen LogP contribution in [-0.4, -0.2) is 47.8 Å². The quantitative estimate of drug-likeness (QED) is 0.778. The molecule has 0 saturated carbocycles. The van der Waals surface area contributed by atoms with E-state index in [1.165, 1.54) is 0 Å². The van der Waals surface area contributed by atoms with Gasteiger partial charge in [-0.2, -0.15) is 0 Å². The van der Waals surface area contributed by atoms with E-state index in [2.05, 4.69) is 25.8 Å². The fraction of sp³-hybridized carbons (Fsp3) is 0.600. The maximum atomic E-state index is 11.9. The van der Waals surface area contributed by atoms with Crippen LogP contribution in [0.2, 0.25) is 0 Å². The molecule has 2 aliphatic heterocycles. The number of pyridine rings is 1. The van der Waals surface area contributed by atoms with Gasteiger partial charge in [-0.1, -0.05) is 0 Å². The van der Waals surface area contributed by atoms with Gasteiger partial charge in [0.1, 0.15) is 11.4 Å². The van der Waals surface area contributed by atoms with E-state index < -0.39 is 5.60 Å². The first-order valence-corrected chi connectivity index (χ1v) is 7.90. The van der Waals surface area contributed by atoms with E-state index in [1.807, 2.05) is 39.1 Å². The SMILES string of the molecule is CC(C)(C)OC(=O)N1CC2(C1)CN(c1ccc(Br)cn1)C2. The first kappa shape index (κ1) is 14.6. The lowest BCUT2D eigenvalue weighted by atomic mass is 9.73. The highest BCUT2D eigenvalue weighted by atomic mass is 79.9. The average Bonchev–Trinajstić information content (AvgIpc) is 2.25. The standard InChI is InChI=1S/C15H20BrN3O2/c1-14(2,3)21-13(20)19-9-15(10-19)7-18(8-15)12-5-4-11(16)6-17-12/h4-6H,7-10H2,1-3H3. The van der Waals surface area contributed by atoms with Crippen LogP contribution in [0.4, 0.5) is 10.6 Å². The number of hydrogen-bond acceptors (Lipinski definition) is 4. The van der Waals surface area contributed by atoms with Crippen molar-refractivity contribution in [1.82, 2.24) is 9.88 Å². The van der Waals surface area contributed by atoms with Gasteiger partial charge in [-0.25, -0.2) is 9.78 Å². The number of anilines is 1. The first-order chi connectivity index (χ1) is 9.76. The summed E-state index contributed by atoms with van der Waals surface area (Å²) in [5, 5.41) is 0. The molecular weight excluding hydrogens is 334 g/mol. The maximum Gasteiger partial charge on any atom is 0.410 e. The van der Waals surface area contributed by atoms with Crippen LogP contribution >= 0.6 is 15.9 Å². The van der Waals surface area contributed by atoms with E-state index in [9.17, 15) is 4.79 Å². The Morgan fingerprint density at radius 2 is 1.95 bits per heavy atom. The molecule has 6 heteroatoms. The zero-order chi connectivity index (χ0) is 15.3. The van der Waals surface area contributed by atoms with Gasteiger partial charge in [-0.3, -0.25) is 0 Å². The molecule has 0 atom stereocenters. The zero-order valence-corrected chi connectivity index (χ0v) is 14.2. The summed E-state index contributed by atoms with van der Waals surface area (Å²) in [6.45, 7) is 9.17. The average molecular weight is 354 g/mol. The molecule has 2 fully saturated rings. The highest BCUT2D eigenvalue weighted by Gasteiger charge is 2.54. The van der Waals surface area contributed by atoms with Crippen molar-refractivity contribution in [2.45, 2.75) is 26.4 Å². The second kappa shape index (κ2) is 4.87. The number of hydrogen-bond donors (Lipinski definition) is 0. The summed E-state index contributed by atoms with van der Waals surface area (Å²) in [6.07, 6.45) is 1.61. The van der Waals surface area contributed by atoms with Gasteiger partial charge in [-0.15, -0.1) is 0 Å². The Morgan fingerprint density at radius 1 is 1.29 bits per heavy atom.